The van der Waals surface area contributed by atoms with Gasteiger partial charge in [-0.25, -0.2) is 4.90 Å². The van der Waals surface area contributed by atoms with Crippen LogP contribution in [0.4, 0.5) is 13.2 Å². The number of carbonyl (C=O) groups is 1. The van der Waals surface area contributed by atoms with Gasteiger partial charge in [0, 0.05) is 6.54 Å². The van der Waals surface area contributed by atoms with Gasteiger partial charge in [-0.2, -0.15) is 13.2 Å². The quantitative estimate of drug-likeness (QED) is 0.531. The molecule has 0 amide bonds. The Morgan fingerprint density at radius 2 is 2.13 bits per heavy atom. The van der Waals surface area contributed by atoms with E-state index in [0.29, 0.717) is 12.8 Å². The third kappa shape index (κ3) is 3.09. The number of halogens is 3. The van der Waals surface area contributed by atoms with Crippen molar-refractivity contribution in [1.82, 2.24) is 4.90 Å². The number of alkyl halides is 3. The second-order valence-corrected chi connectivity index (χ2v) is 3.42. The first-order valence-electron chi connectivity index (χ1n) is 4.97. The number of likely N-dealkylation sites (tertiary alicyclic amines) is 1. The highest BCUT2D eigenvalue weighted by molar-refractivity contribution is 5.75. The molecule has 1 atom stereocenters. The minimum absolute atomic E-state index is 0.112. The Hall–Kier alpha value is -0.780. The van der Waals surface area contributed by atoms with Crippen molar-refractivity contribution in [3.8, 4) is 0 Å². The highest BCUT2D eigenvalue weighted by atomic mass is 19.4. The monoisotopic (exact) mass is 225 g/mol. The number of hydrogen-bond donors (Lipinski definition) is 0. The minimum atomic E-state index is -4.45. The molecule has 0 radical (unpaired) electrons. The highest BCUT2D eigenvalue weighted by Gasteiger charge is 2.46. The molecule has 0 aromatic heterocycles. The first-order valence-corrected chi connectivity index (χ1v) is 4.97. The van der Waals surface area contributed by atoms with Gasteiger partial charge in [-0.1, -0.05) is 6.42 Å². The van der Waals surface area contributed by atoms with Crippen molar-refractivity contribution in [3.05, 3.63) is 0 Å². The second-order valence-electron chi connectivity index (χ2n) is 3.42. The van der Waals surface area contributed by atoms with Gasteiger partial charge >= 0.3 is 12.3 Å². The van der Waals surface area contributed by atoms with E-state index >= 15 is 0 Å². The average molecular weight is 225 g/mol. The van der Waals surface area contributed by atoms with Crippen molar-refractivity contribution in [1.29, 1.82) is 0 Å². The molecule has 3 nitrogen and oxygen atoms in total. The number of rotatable bonds is 2. The van der Waals surface area contributed by atoms with E-state index < -0.39 is 18.3 Å². The average Bonchev–Trinajstić information content (AvgIpc) is 2.17. The fourth-order valence-corrected chi connectivity index (χ4v) is 1.72. The smallest absolute Gasteiger partial charge is 0.460 e. The van der Waals surface area contributed by atoms with Crippen LogP contribution in [0.15, 0.2) is 0 Å². The summed E-state index contributed by atoms with van der Waals surface area (Å²) in [7, 11) is 0. The summed E-state index contributed by atoms with van der Waals surface area (Å²) in [6, 6.07) is -1.15. The lowest BCUT2D eigenvalue weighted by Gasteiger charge is -2.34. The Labute approximate surface area is 86.2 Å². The van der Waals surface area contributed by atoms with Gasteiger partial charge in [0.25, 0.3) is 0 Å². The summed E-state index contributed by atoms with van der Waals surface area (Å²) in [6.45, 7) is 1.58. The molecule has 1 rings (SSSR count). The van der Waals surface area contributed by atoms with Gasteiger partial charge in [-0.3, -0.25) is 4.79 Å². The molecular weight excluding hydrogens is 211 g/mol. The number of piperidine rings is 1. The Morgan fingerprint density at radius 1 is 1.47 bits per heavy atom. The molecule has 1 saturated heterocycles. The molecule has 0 bridgehead atoms. The van der Waals surface area contributed by atoms with Gasteiger partial charge in [-0.15, -0.1) is 0 Å². The second kappa shape index (κ2) is 4.83. The number of carbonyl (C=O) groups excluding carboxylic acids is 1. The van der Waals surface area contributed by atoms with Gasteiger partial charge in [0.05, 0.1) is 6.61 Å². The van der Waals surface area contributed by atoms with Gasteiger partial charge in [0.1, 0.15) is 6.04 Å². The van der Waals surface area contributed by atoms with Crippen LogP contribution in [0.3, 0.4) is 0 Å². The molecule has 1 fully saturated rings. The summed E-state index contributed by atoms with van der Waals surface area (Å²) >= 11 is 0. The topological polar surface area (TPSA) is 29.5 Å². The molecule has 88 valence electrons. The zero-order valence-corrected chi connectivity index (χ0v) is 8.51. The maximum atomic E-state index is 12.5. The lowest BCUT2D eigenvalue weighted by Crippen LogP contribution is -2.52. The summed E-state index contributed by atoms with van der Waals surface area (Å²) in [4.78, 5) is 11.6. The first kappa shape index (κ1) is 12.3. The Balaban J connectivity index is 2.70. The van der Waals surface area contributed by atoms with Crippen LogP contribution in [0.25, 0.3) is 0 Å². The van der Waals surface area contributed by atoms with Crippen LogP contribution in [-0.2, 0) is 9.53 Å². The van der Waals surface area contributed by atoms with Crippen molar-refractivity contribution >= 4 is 5.97 Å². The third-order valence-electron chi connectivity index (χ3n) is 2.39. The van der Waals surface area contributed by atoms with Crippen LogP contribution in [0.2, 0.25) is 0 Å². The summed E-state index contributed by atoms with van der Waals surface area (Å²) in [6.07, 6.45) is -3.12. The Kier molecular flexibility index (Phi) is 3.96. The molecule has 1 aliphatic rings. The van der Waals surface area contributed by atoms with Gasteiger partial charge in [0.2, 0.25) is 0 Å². The fraction of sp³-hybridized carbons (Fsp3) is 0.889. The highest BCUT2D eigenvalue weighted by Crippen LogP contribution is 2.30. The van der Waals surface area contributed by atoms with Crippen molar-refractivity contribution in [2.75, 3.05) is 13.2 Å². The van der Waals surface area contributed by atoms with Gasteiger partial charge < -0.3 is 4.74 Å². The Morgan fingerprint density at radius 3 is 2.67 bits per heavy atom. The molecule has 0 aliphatic carbocycles. The van der Waals surface area contributed by atoms with Crippen LogP contribution in [0, 0.1) is 0 Å². The third-order valence-corrected chi connectivity index (χ3v) is 2.39. The molecule has 0 aromatic carbocycles. The van der Waals surface area contributed by atoms with E-state index in [1.807, 2.05) is 0 Å². The first-order chi connectivity index (χ1) is 6.96. The molecule has 0 aromatic rings. The normalized spacial score (nSPS) is 23.9. The fourth-order valence-electron chi connectivity index (χ4n) is 1.72. The van der Waals surface area contributed by atoms with E-state index in [0.717, 1.165) is 0 Å². The van der Waals surface area contributed by atoms with Crippen LogP contribution in [-0.4, -0.2) is 36.4 Å². The van der Waals surface area contributed by atoms with E-state index in [2.05, 4.69) is 4.74 Å². The molecule has 0 N–H and O–H groups in total. The van der Waals surface area contributed by atoms with E-state index in [9.17, 15) is 18.0 Å². The predicted octanol–water partition coefficient (Wildman–Crippen LogP) is 1.92. The summed E-state index contributed by atoms with van der Waals surface area (Å²) in [5.74, 6) is -0.769. The van der Waals surface area contributed by atoms with E-state index in [1.165, 1.54) is 0 Å². The summed E-state index contributed by atoms with van der Waals surface area (Å²) < 4.78 is 42.2. The van der Waals surface area contributed by atoms with Crippen molar-refractivity contribution < 1.29 is 22.7 Å². The molecular formula is C9H14F3NO2. The summed E-state index contributed by atoms with van der Waals surface area (Å²) in [5, 5.41) is 0. The molecule has 0 spiro atoms. The van der Waals surface area contributed by atoms with E-state index in [1.54, 1.807) is 6.92 Å². The van der Waals surface area contributed by atoms with Gasteiger partial charge in [-0.05, 0) is 19.8 Å². The van der Waals surface area contributed by atoms with Crippen molar-refractivity contribution in [2.24, 2.45) is 0 Å². The molecule has 1 aliphatic heterocycles. The minimum Gasteiger partial charge on any atom is -0.465 e. The molecule has 6 heteroatoms. The molecule has 1 unspecified atom stereocenters. The van der Waals surface area contributed by atoms with Crippen molar-refractivity contribution in [3.63, 3.8) is 0 Å². The number of esters is 1. The van der Waals surface area contributed by atoms with Crippen LogP contribution >= 0.6 is 0 Å². The lowest BCUT2D eigenvalue weighted by atomic mass is 10.0. The van der Waals surface area contributed by atoms with Crippen LogP contribution in [0.5, 0.6) is 0 Å². The van der Waals surface area contributed by atoms with Gasteiger partial charge in [0.15, 0.2) is 0 Å². The standard InChI is InChI=1S/C9H14F3NO2/c1-2-15-8(14)7-5-3-4-6-13(7)9(10,11)12/h7H,2-6H2,1H3. The maximum absolute atomic E-state index is 12.5. The lowest BCUT2D eigenvalue weighted by molar-refractivity contribution is -0.264. The van der Waals surface area contributed by atoms with Crippen LogP contribution < -0.4 is 0 Å². The van der Waals surface area contributed by atoms with Crippen molar-refractivity contribution in [2.45, 2.75) is 38.5 Å². The number of ether oxygens (including phenoxy) is 1. The maximum Gasteiger partial charge on any atom is 0.460 e. The SMILES string of the molecule is CCOC(=O)C1CCCCN1C(F)(F)F. The number of hydrogen-bond acceptors (Lipinski definition) is 3. The molecule has 1 heterocycles. The zero-order chi connectivity index (χ0) is 11.5. The summed E-state index contributed by atoms with van der Waals surface area (Å²) in [5.41, 5.74) is 0. The predicted molar refractivity (Wildman–Crippen MR) is 47.0 cm³/mol. The number of nitrogens with zero attached hydrogens (tertiary/aromatic N) is 1. The molecule has 0 saturated carbocycles. The Bertz CT molecular complexity index is 230. The zero-order valence-electron chi connectivity index (χ0n) is 8.51. The van der Waals surface area contributed by atoms with E-state index in [4.69, 9.17) is 0 Å². The largest absolute Gasteiger partial charge is 0.465 e. The van der Waals surface area contributed by atoms with E-state index in [-0.39, 0.29) is 24.5 Å². The molecule has 15 heavy (non-hydrogen) atoms. The van der Waals surface area contributed by atoms with Crippen LogP contribution in [0.1, 0.15) is 26.2 Å².